The topological polar surface area (TPSA) is 44.3 Å². The second kappa shape index (κ2) is 6.83. The van der Waals surface area contributed by atoms with Gasteiger partial charge in [-0.05, 0) is 56.0 Å². The summed E-state index contributed by atoms with van der Waals surface area (Å²) in [6.45, 7) is 5.32. The highest BCUT2D eigenvalue weighted by Gasteiger charge is 2.26. The summed E-state index contributed by atoms with van der Waals surface area (Å²) in [4.78, 5) is 14.2. The monoisotopic (exact) mass is 341 g/mol. The molecule has 5 nitrogen and oxygen atoms in total. The van der Waals surface area contributed by atoms with Gasteiger partial charge in [-0.25, -0.2) is 9.97 Å². The van der Waals surface area contributed by atoms with Crippen LogP contribution >= 0.6 is 15.9 Å². The number of aryl methyl sites for hydroxylation is 1. The Bertz CT molecular complexity index is 440. The first-order valence-electron chi connectivity index (χ1n) is 7.19. The highest BCUT2D eigenvalue weighted by atomic mass is 79.9. The number of nitrogens with zero attached hydrogens (tertiary/aromatic N) is 4. The lowest BCUT2D eigenvalue weighted by Gasteiger charge is -2.27. The fraction of sp³-hybridized carbons (Fsp3) is 0.714. The van der Waals surface area contributed by atoms with Gasteiger partial charge < -0.3 is 10.2 Å². The Balaban J connectivity index is 2.39. The summed E-state index contributed by atoms with van der Waals surface area (Å²) in [5.74, 6) is 1.80. The standard InChI is InChI=1S/C14H24BrN5/c1-5-10-12(15)14(16-2)18-13(17-10)11-9-19(3)7-6-8-20(11)4/h11H,5-9H2,1-4H3,(H,16,17,18). The molecule has 1 unspecified atom stereocenters. The zero-order chi connectivity index (χ0) is 14.7. The van der Waals surface area contributed by atoms with Crippen molar-refractivity contribution in [3.05, 3.63) is 16.0 Å². The summed E-state index contributed by atoms with van der Waals surface area (Å²) in [7, 11) is 6.24. The molecule has 0 saturated carbocycles. The molecule has 2 rings (SSSR count). The van der Waals surface area contributed by atoms with Gasteiger partial charge in [0.25, 0.3) is 0 Å². The number of rotatable bonds is 3. The van der Waals surface area contributed by atoms with Crippen LogP contribution in [-0.2, 0) is 6.42 Å². The summed E-state index contributed by atoms with van der Waals surface area (Å²) in [6.07, 6.45) is 2.09. The molecule has 6 heteroatoms. The van der Waals surface area contributed by atoms with Crippen LogP contribution in [0.25, 0.3) is 0 Å². The second-order valence-electron chi connectivity index (χ2n) is 5.41. The molecule has 0 amide bonds. The molecular weight excluding hydrogens is 318 g/mol. The molecule has 20 heavy (non-hydrogen) atoms. The molecular formula is C14H24BrN5. The molecule has 0 aromatic carbocycles. The molecule has 2 heterocycles. The average Bonchev–Trinajstić information content (AvgIpc) is 2.61. The quantitative estimate of drug-likeness (QED) is 0.912. The molecule has 112 valence electrons. The SMILES string of the molecule is CCc1nc(C2CN(C)CCCN2C)nc(NC)c1Br. The van der Waals surface area contributed by atoms with E-state index in [0.29, 0.717) is 0 Å². The lowest BCUT2D eigenvalue weighted by molar-refractivity contribution is 0.219. The molecule has 1 N–H and O–H groups in total. The van der Waals surface area contributed by atoms with Gasteiger partial charge in [-0.3, -0.25) is 4.90 Å². The van der Waals surface area contributed by atoms with Crippen LogP contribution in [0.1, 0.15) is 30.9 Å². The fourth-order valence-electron chi connectivity index (χ4n) is 2.61. The van der Waals surface area contributed by atoms with Crippen molar-refractivity contribution in [2.75, 3.05) is 46.1 Å². The third-order valence-corrected chi connectivity index (χ3v) is 4.71. The van der Waals surface area contributed by atoms with Crippen LogP contribution in [0, 0.1) is 0 Å². The van der Waals surface area contributed by atoms with Gasteiger partial charge in [-0.15, -0.1) is 0 Å². The lowest BCUT2D eigenvalue weighted by Crippen LogP contribution is -2.32. The van der Waals surface area contributed by atoms with Gasteiger partial charge in [0.2, 0.25) is 0 Å². The van der Waals surface area contributed by atoms with Crippen molar-refractivity contribution in [1.29, 1.82) is 0 Å². The van der Waals surface area contributed by atoms with Crippen LogP contribution in [0.5, 0.6) is 0 Å². The lowest BCUT2D eigenvalue weighted by atomic mass is 10.2. The van der Waals surface area contributed by atoms with Crippen molar-refractivity contribution >= 4 is 21.7 Å². The van der Waals surface area contributed by atoms with Crippen molar-refractivity contribution in [2.45, 2.75) is 25.8 Å². The van der Waals surface area contributed by atoms with E-state index in [9.17, 15) is 0 Å². The second-order valence-corrected chi connectivity index (χ2v) is 6.20. The Hall–Kier alpha value is -0.720. The van der Waals surface area contributed by atoms with Crippen LogP contribution in [0.2, 0.25) is 0 Å². The van der Waals surface area contributed by atoms with Gasteiger partial charge in [-0.1, -0.05) is 6.92 Å². The van der Waals surface area contributed by atoms with E-state index in [1.165, 1.54) is 6.42 Å². The van der Waals surface area contributed by atoms with Crippen molar-refractivity contribution < 1.29 is 0 Å². The number of hydrogen-bond acceptors (Lipinski definition) is 5. The maximum Gasteiger partial charge on any atom is 0.149 e. The highest BCUT2D eigenvalue weighted by molar-refractivity contribution is 9.10. The van der Waals surface area contributed by atoms with E-state index < -0.39 is 0 Å². The van der Waals surface area contributed by atoms with Gasteiger partial charge in [0.15, 0.2) is 0 Å². The summed E-state index contributed by atoms with van der Waals surface area (Å²) >= 11 is 3.59. The molecule has 1 atom stereocenters. The van der Waals surface area contributed by atoms with Crippen LogP contribution in [0.4, 0.5) is 5.82 Å². The van der Waals surface area contributed by atoms with Gasteiger partial charge >= 0.3 is 0 Å². The Kier molecular flexibility index (Phi) is 5.35. The minimum absolute atomic E-state index is 0.257. The minimum Gasteiger partial charge on any atom is -0.372 e. The molecule has 1 aromatic heterocycles. The summed E-state index contributed by atoms with van der Waals surface area (Å²) in [5.41, 5.74) is 1.07. The van der Waals surface area contributed by atoms with Crippen molar-refractivity contribution in [3.63, 3.8) is 0 Å². The van der Waals surface area contributed by atoms with E-state index in [-0.39, 0.29) is 6.04 Å². The molecule has 1 fully saturated rings. The largest absolute Gasteiger partial charge is 0.372 e. The van der Waals surface area contributed by atoms with E-state index in [1.807, 2.05) is 7.05 Å². The predicted octanol–water partition coefficient (Wildman–Crippen LogP) is 2.15. The Labute approximate surface area is 129 Å². The number of halogens is 1. The Morgan fingerprint density at radius 3 is 2.70 bits per heavy atom. The van der Waals surface area contributed by atoms with Crippen LogP contribution < -0.4 is 5.32 Å². The van der Waals surface area contributed by atoms with Crippen molar-refractivity contribution in [2.24, 2.45) is 0 Å². The van der Waals surface area contributed by atoms with Crippen molar-refractivity contribution in [3.8, 4) is 0 Å². The molecule has 1 aliphatic rings. The Morgan fingerprint density at radius 1 is 1.30 bits per heavy atom. The molecule has 0 aliphatic carbocycles. The normalized spacial score (nSPS) is 21.8. The van der Waals surface area contributed by atoms with Gasteiger partial charge in [0.05, 0.1) is 16.2 Å². The van der Waals surface area contributed by atoms with E-state index in [4.69, 9.17) is 9.97 Å². The Morgan fingerprint density at radius 2 is 2.05 bits per heavy atom. The third-order valence-electron chi connectivity index (χ3n) is 3.87. The third kappa shape index (κ3) is 3.30. The summed E-state index contributed by atoms with van der Waals surface area (Å²) in [5, 5.41) is 3.16. The van der Waals surface area contributed by atoms with E-state index in [0.717, 1.165) is 47.9 Å². The maximum atomic E-state index is 4.78. The first kappa shape index (κ1) is 15.7. The first-order valence-corrected chi connectivity index (χ1v) is 7.99. The van der Waals surface area contributed by atoms with Gasteiger partial charge in [0, 0.05) is 13.6 Å². The molecule has 1 aliphatic heterocycles. The first-order chi connectivity index (χ1) is 9.56. The number of hydrogen-bond donors (Lipinski definition) is 1. The van der Waals surface area contributed by atoms with E-state index >= 15 is 0 Å². The average molecular weight is 342 g/mol. The van der Waals surface area contributed by atoms with Crippen LogP contribution in [0.15, 0.2) is 4.47 Å². The summed E-state index contributed by atoms with van der Waals surface area (Å²) < 4.78 is 0.982. The number of likely N-dealkylation sites (N-methyl/N-ethyl adjacent to an activating group) is 2. The smallest absolute Gasteiger partial charge is 0.149 e. The van der Waals surface area contributed by atoms with Crippen LogP contribution in [0.3, 0.4) is 0 Å². The minimum atomic E-state index is 0.257. The zero-order valence-electron chi connectivity index (χ0n) is 12.8. The highest BCUT2D eigenvalue weighted by Crippen LogP contribution is 2.28. The number of nitrogens with one attached hydrogen (secondary N) is 1. The number of aromatic nitrogens is 2. The van der Waals surface area contributed by atoms with Crippen LogP contribution in [-0.4, -0.2) is 60.5 Å². The molecule has 0 radical (unpaired) electrons. The molecule has 0 bridgehead atoms. The maximum absolute atomic E-state index is 4.78. The zero-order valence-corrected chi connectivity index (χ0v) is 14.4. The number of anilines is 1. The van der Waals surface area contributed by atoms with E-state index in [1.54, 1.807) is 0 Å². The van der Waals surface area contributed by atoms with E-state index in [2.05, 4.69) is 52.1 Å². The van der Waals surface area contributed by atoms with Crippen molar-refractivity contribution in [1.82, 2.24) is 19.8 Å². The fourth-order valence-corrected chi connectivity index (χ4v) is 3.27. The van der Waals surface area contributed by atoms with Gasteiger partial charge in [-0.2, -0.15) is 0 Å². The predicted molar refractivity (Wildman–Crippen MR) is 86.1 cm³/mol. The molecule has 1 saturated heterocycles. The molecule has 0 spiro atoms. The summed E-state index contributed by atoms with van der Waals surface area (Å²) in [6, 6.07) is 0.257. The van der Waals surface area contributed by atoms with Gasteiger partial charge in [0.1, 0.15) is 11.6 Å². The molecule has 1 aromatic rings.